The minimum absolute atomic E-state index is 0.487. The molecule has 2 aromatic rings. The van der Waals surface area contributed by atoms with Crippen LogP contribution in [-0.4, -0.2) is 0 Å². The molecule has 1 saturated carbocycles. The molecule has 26 heavy (non-hydrogen) atoms. The summed E-state index contributed by atoms with van der Waals surface area (Å²) in [7, 11) is 0. The summed E-state index contributed by atoms with van der Waals surface area (Å²) in [4.78, 5) is 0. The molecule has 0 atom stereocenters. The van der Waals surface area contributed by atoms with Crippen molar-refractivity contribution in [2.75, 3.05) is 0 Å². The Labute approximate surface area is 155 Å². The first kappa shape index (κ1) is 18.4. The number of hydrogen-bond acceptors (Lipinski definition) is 0. The zero-order valence-corrected chi connectivity index (χ0v) is 15.0. The zero-order valence-electron chi connectivity index (χ0n) is 15.0. The molecule has 2 aromatic carbocycles. The van der Waals surface area contributed by atoms with Gasteiger partial charge in [0.25, 0.3) is 0 Å². The fourth-order valence-corrected chi connectivity index (χ4v) is 3.56. The van der Waals surface area contributed by atoms with E-state index >= 15 is 0 Å². The second kappa shape index (κ2) is 8.81. The van der Waals surface area contributed by atoms with Crippen molar-refractivity contribution >= 4 is 0 Å². The van der Waals surface area contributed by atoms with Gasteiger partial charge in [-0.05, 0) is 79.8 Å². The smallest absolute Gasteiger partial charge is 0.159 e. The first-order valence-electron chi connectivity index (χ1n) is 9.33. The average Bonchev–Trinajstić information content (AvgIpc) is 2.68. The van der Waals surface area contributed by atoms with Crippen LogP contribution in [0.1, 0.15) is 44.1 Å². The molecule has 1 aliphatic rings. The third-order valence-electron chi connectivity index (χ3n) is 5.18. The molecule has 0 radical (unpaired) electrons. The Hall–Kier alpha value is -2.40. The standard InChI is InChI=1S/C24H24F2/c1-2-3-4-18-5-7-19(8-6-18)9-10-20-11-13-21(14-12-20)22-15-16-23(25)24(26)17-22/h2,11-19H,1,3-8H2. The summed E-state index contributed by atoms with van der Waals surface area (Å²) in [5.74, 6) is 6.36. The van der Waals surface area contributed by atoms with Crippen LogP contribution in [0.25, 0.3) is 11.1 Å². The van der Waals surface area contributed by atoms with Crippen LogP contribution in [0, 0.1) is 35.3 Å². The van der Waals surface area contributed by atoms with Crippen molar-refractivity contribution in [1.29, 1.82) is 0 Å². The lowest BCUT2D eigenvalue weighted by Gasteiger charge is -2.25. The Balaban J connectivity index is 1.59. The Bertz CT molecular complexity index is 800. The van der Waals surface area contributed by atoms with Crippen molar-refractivity contribution < 1.29 is 8.78 Å². The maximum atomic E-state index is 13.4. The number of hydrogen-bond donors (Lipinski definition) is 0. The molecule has 1 fully saturated rings. The monoisotopic (exact) mass is 350 g/mol. The Morgan fingerprint density at radius 3 is 2.27 bits per heavy atom. The second-order valence-corrected chi connectivity index (χ2v) is 7.06. The highest BCUT2D eigenvalue weighted by molar-refractivity contribution is 5.64. The lowest BCUT2D eigenvalue weighted by Crippen LogP contribution is -2.13. The van der Waals surface area contributed by atoms with E-state index in [4.69, 9.17) is 0 Å². The van der Waals surface area contributed by atoms with Crippen LogP contribution in [0.4, 0.5) is 8.78 Å². The van der Waals surface area contributed by atoms with Gasteiger partial charge in [0, 0.05) is 11.5 Å². The summed E-state index contributed by atoms with van der Waals surface area (Å²) in [6, 6.07) is 11.7. The molecule has 3 rings (SSSR count). The summed E-state index contributed by atoms with van der Waals surface area (Å²) < 4.78 is 26.4. The summed E-state index contributed by atoms with van der Waals surface area (Å²) in [5.41, 5.74) is 2.49. The highest BCUT2D eigenvalue weighted by Gasteiger charge is 2.18. The fourth-order valence-electron chi connectivity index (χ4n) is 3.56. The summed E-state index contributed by atoms with van der Waals surface area (Å²) >= 11 is 0. The molecular weight excluding hydrogens is 326 g/mol. The summed E-state index contributed by atoms with van der Waals surface area (Å²) in [6.07, 6.45) is 9.28. The molecule has 0 unspecified atom stereocenters. The quantitative estimate of drug-likeness (QED) is 0.422. The average molecular weight is 350 g/mol. The molecule has 0 bridgehead atoms. The van der Waals surface area contributed by atoms with Gasteiger partial charge in [0.2, 0.25) is 0 Å². The van der Waals surface area contributed by atoms with E-state index in [-0.39, 0.29) is 0 Å². The number of allylic oxidation sites excluding steroid dienone is 1. The molecule has 0 spiro atoms. The molecule has 1 aliphatic carbocycles. The first-order valence-corrected chi connectivity index (χ1v) is 9.33. The third kappa shape index (κ3) is 4.82. The van der Waals surface area contributed by atoms with E-state index in [9.17, 15) is 8.78 Å². The molecule has 0 N–H and O–H groups in total. The van der Waals surface area contributed by atoms with Crippen LogP contribution in [-0.2, 0) is 0 Å². The van der Waals surface area contributed by atoms with E-state index in [1.807, 2.05) is 30.3 Å². The van der Waals surface area contributed by atoms with Gasteiger partial charge in [-0.15, -0.1) is 6.58 Å². The van der Waals surface area contributed by atoms with E-state index in [1.54, 1.807) is 6.07 Å². The zero-order chi connectivity index (χ0) is 18.4. The predicted molar refractivity (Wildman–Crippen MR) is 104 cm³/mol. The lowest BCUT2D eigenvalue weighted by molar-refractivity contribution is 0.303. The molecule has 0 amide bonds. The van der Waals surface area contributed by atoms with Gasteiger partial charge < -0.3 is 0 Å². The van der Waals surface area contributed by atoms with Crippen LogP contribution < -0.4 is 0 Å². The largest absolute Gasteiger partial charge is 0.204 e. The second-order valence-electron chi connectivity index (χ2n) is 7.06. The van der Waals surface area contributed by atoms with Crippen LogP contribution in [0.2, 0.25) is 0 Å². The van der Waals surface area contributed by atoms with Crippen LogP contribution in [0.5, 0.6) is 0 Å². The Morgan fingerprint density at radius 1 is 0.923 bits per heavy atom. The van der Waals surface area contributed by atoms with Crippen molar-refractivity contribution in [3.63, 3.8) is 0 Å². The van der Waals surface area contributed by atoms with Crippen molar-refractivity contribution in [2.45, 2.75) is 38.5 Å². The van der Waals surface area contributed by atoms with Crippen molar-refractivity contribution in [3.05, 3.63) is 72.3 Å². The molecule has 134 valence electrons. The van der Waals surface area contributed by atoms with Crippen LogP contribution in [0.15, 0.2) is 55.1 Å². The van der Waals surface area contributed by atoms with E-state index in [0.717, 1.165) is 29.5 Å². The predicted octanol–water partition coefficient (Wildman–Crippen LogP) is 6.76. The van der Waals surface area contributed by atoms with Gasteiger partial charge in [0.05, 0.1) is 0 Å². The molecule has 0 nitrogen and oxygen atoms in total. The molecule has 2 heteroatoms. The maximum Gasteiger partial charge on any atom is 0.159 e. The lowest BCUT2D eigenvalue weighted by atomic mass is 9.80. The highest BCUT2D eigenvalue weighted by Crippen LogP contribution is 2.31. The van der Waals surface area contributed by atoms with E-state index < -0.39 is 11.6 Å². The van der Waals surface area contributed by atoms with E-state index in [0.29, 0.717) is 11.5 Å². The van der Waals surface area contributed by atoms with Crippen molar-refractivity contribution in [2.24, 2.45) is 11.8 Å². The normalized spacial score (nSPS) is 19.5. The number of rotatable bonds is 4. The summed E-state index contributed by atoms with van der Waals surface area (Å²) in [5, 5.41) is 0. The molecule has 0 aliphatic heterocycles. The van der Waals surface area contributed by atoms with Crippen molar-refractivity contribution in [1.82, 2.24) is 0 Å². The number of benzene rings is 2. The fraction of sp³-hybridized carbons (Fsp3) is 0.333. The van der Waals surface area contributed by atoms with Crippen LogP contribution in [0.3, 0.4) is 0 Å². The Morgan fingerprint density at radius 2 is 1.62 bits per heavy atom. The minimum Gasteiger partial charge on any atom is -0.204 e. The van der Waals surface area contributed by atoms with E-state index in [2.05, 4.69) is 18.4 Å². The van der Waals surface area contributed by atoms with Gasteiger partial charge in [-0.25, -0.2) is 8.78 Å². The highest BCUT2D eigenvalue weighted by atomic mass is 19.2. The molecular formula is C24H24F2. The summed E-state index contributed by atoms with van der Waals surface area (Å²) in [6.45, 7) is 3.80. The van der Waals surface area contributed by atoms with Gasteiger partial charge in [0.1, 0.15) is 0 Å². The first-order chi connectivity index (χ1) is 12.7. The molecule has 0 heterocycles. The van der Waals surface area contributed by atoms with Gasteiger partial charge in [-0.1, -0.05) is 36.1 Å². The topological polar surface area (TPSA) is 0 Å². The maximum absolute atomic E-state index is 13.4. The van der Waals surface area contributed by atoms with Crippen molar-refractivity contribution in [3.8, 4) is 23.0 Å². The number of halogens is 2. The molecule has 0 saturated heterocycles. The Kier molecular flexibility index (Phi) is 6.23. The van der Waals surface area contributed by atoms with Crippen LogP contribution >= 0.6 is 0 Å². The van der Waals surface area contributed by atoms with E-state index in [1.165, 1.54) is 38.2 Å². The van der Waals surface area contributed by atoms with Gasteiger partial charge in [-0.3, -0.25) is 0 Å². The van der Waals surface area contributed by atoms with Gasteiger partial charge in [0.15, 0.2) is 11.6 Å². The third-order valence-corrected chi connectivity index (χ3v) is 5.18. The SMILES string of the molecule is C=CCCC1CCC(C#Cc2ccc(-c3ccc(F)c(F)c3)cc2)CC1. The molecule has 0 aromatic heterocycles. The van der Waals surface area contributed by atoms with Gasteiger partial charge >= 0.3 is 0 Å². The van der Waals surface area contributed by atoms with Gasteiger partial charge in [-0.2, -0.15) is 0 Å². The minimum atomic E-state index is -0.824.